The summed E-state index contributed by atoms with van der Waals surface area (Å²) >= 11 is 5.99. The van der Waals surface area contributed by atoms with Crippen molar-refractivity contribution in [3.8, 4) is 23.3 Å². The van der Waals surface area contributed by atoms with Crippen molar-refractivity contribution in [3.63, 3.8) is 0 Å². The highest BCUT2D eigenvalue weighted by molar-refractivity contribution is 6.30. The van der Waals surface area contributed by atoms with Crippen LogP contribution in [0.1, 0.15) is 11.1 Å². The van der Waals surface area contributed by atoms with Crippen molar-refractivity contribution in [1.82, 2.24) is 5.32 Å². The average Bonchev–Trinajstić information content (AvgIpc) is 2.70. The molecule has 0 bridgehead atoms. The standard InChI is InChI=1S/C20H19ClN2O4/c1-25-17-6-4-13(19(10-17)27-3)12-23-20(24)15(11-22)8-14-9-16(21)5-7-18(14)26-2/h4-10H,12H2,1-3H3,(H,23,24)/b15-8+. The van der Waals surface area contributed by atoms with Gasteiger partial charge in [0.25, 0.3) is 5.91 Å². The van der Waals surface area contributed by atoms with E-state index in [4.69, 9.17) is 25.8 Å². The van der Waals surface area contributed by atoms with Gasteiger partial charge in [-0.1, -0.05) is 11.6 Å². The molecular weight excluding hydrogens is 368 g/mol. The maximum Gasteiger partial charge on any atom is 0.262 e. The maximum absolute atomic E-state index is 12.4. The summed E-state index contributed by atoms with van der Waals surface area (Å²) in [6.07, 6.45) is 1.44. The van der Waals surface area contributed by atoms with E-state index in [1.165, 1.54) is 20.3 Å². The first-order valence-electron chi connectivity index (χ1n) is 7.96. The molecule has 0 atom stereocenters. The zero-order valence-electron chi connectivity index (χ0n) is 15.2. The third-order valence-electron chi connectivity index (χ3n) is 3.79. The Kier molecular flexibility index (Phi) is 7.09. The van der Waals surface area contributed by atoms with Crippen LogP contribution in [0.4, 0.5) is 0 Å². The van der Waals surface area contributed by atoms with Gasteiger partial charge < -0.3 is 19.5 Å². The Labute approximate surface area is 162 Å². The Morgan fingerprint density at radius 3 is 2.48 bits per heavy atom. The first-order valence-corrected chi connectivity index (χ1v) is 8.34. The molecule has 0 heterocycles. The van der Waals surface area contributed by atoms with Crippen molar-refractivity contribution < 1.29 is 19.0 Å². The Morgan fingerprint density at radius 2 is 1.85 bits per heavy atom. The molecule has 0 fully saturated rings. The lowest BCUT2D eigenvalue weighted by Gasteiger charge is -2.11. The summed E-state index contributed by atoms with van der Waals surface area (Å²) in [5, 5.41) is 12.5. The van der Waals surface area contributed by atoms with Gasteiger partial charge in [0, 0.05) is 28.8 Å². The minimum Gasteiger partial charge on any atom is -0.497 e. The molecule has 0 aliphatic carbocycles. The average molecular weight is 387 g/mol. The molecule has 1 amide bonds. The van der Waals surface area contributed by atoms with Gasteiger partial charge >= 0.3 is 0 Å². The Morgan fingerprint density at radius 1 is 1.11 bits per heavy atom. The van der Waals surface area contributed by atoms with E-state index in [0.717, 1.165) is 5.56 Å². The Hall–Kier alpha value is -3.17. The summed E-state index contributed by atoms with van der Waals surface area (Å²) in [6, 6.07) is 12.1. The summed E-state index contributed by atoms with van der Waals surface area (Å²) < 4.78 is 15.7. The van der Waals surface area contributed by atoms with Gasteiger partial charge in [0.2, 0.25) is 0 Å². The number of nitriles is 1. The zero-order chi connectivity index (χ0) is 19.8. The predicted octanol–water partition coefficient (Wildman–Crippen LogP) is 3.59. The van der Waals surface area contributed by atoms with Crippen LogP contribution in [0.25, 0.3) is 6.08 Å². The van der Waals surface area contributed by atoms with Gasteiger partial charge in [-0.2, -0.15) is 5.26 Å². The Balaban J connectivity index is 2.19. The summed E-state index contributed by atoms with van der Waals surface area (Å²) in [6.45, 7) is 0.192. The van der Waals surface area contributed by atoms with Gasteiger partial charge in [0.1, 0.15) is 28.9 Å². The highest BCUT2D eigenvalue weighted by atomic mass is 35.5. The molecule has 0 aliphatic rings. The minimum absolute atomic E-state index is 0.0666. The number of nitrogens with one attached hydrogen (secondary N) is 1. The van der Waals surface area contributed by atoms with E-state index >= 15 is 0 Å². The quantitative estimate of drug-likeness (QED) is 0.581. The van der Waals surface area contributed by atoms with Crippen molar-refractivity contribution in [2.75, 3.05) is 21.3 Å². The maximum atomic E-state index is 12.4. The van der Waals surface area contributed by atoms with E-state index in [1.807, 2.05) is 6.07 Å². The molecule has 0 saturated carbocycles. The number of methoxy groups -OCH3 is 3. The number of hydrogen-bond acceptors (Lipinski definition) is 5. The van der Waals surface area contributed by atoms with Gasteiger partial charge in [-0.3, -0.25) is 4.79 Å². The lowest BCUT2D eigenvalue weighted by Crippen LogP contribution is -2.24. The summed E-state index contributed by atoms with van der Waals surface area (Å²) in [5.41, 5.74) is 1.23. The van der Waals surface area contributed by atoms with E-state index in [-0.39, 0.29) is 12.1 Å². The Bertz CT molecular complexity index is 903. The van der Waals surface area contributed by atoms with Crippen molar-refractivity contribution in [1.29, 1.82) is 5.26 Å². The van der Waals surface area contributed by atoms with Crippen LogP contribution >= 0.6 is 11.6 Å². The number of nitrogens with zero attached hydrogens (tertiary/aromatic N) is 1. The van der Waals surface area contributed by atoms with E-state index in [9.17, 15) is 10.1 Å². The van der Waals surface area contributed by atoms with Gasteiger partial charge in [-0.05, 0) is 36.4 Å². The monoisotopic (exact) mass is 386 g/mol. The topological polar surface area (TPSA) is 80.6 Å². The second-order valence-corrected chi connectivity index (χ2v) is 5.85. The number of rotatable bonds is 7. The zero-order valence-corrected chi connectivity index (χ0v) is 16.0. The molecule has 0 saturated heterocycles. The van der Waals surface area contributed by atoms with Crippen molar-refractivity contribution in [2.45, 2.75) is 6.54 Å². The number of carbonyl (C=O) groups is 1. The second kappa shape index (κ2) is 9.51. The van der Waals surface area contributed by atoms with Crippen LogP contribution in [0.3, 0.4) is 0 Å². The molecule has 6 nitrogen and oxygen atoms in total. The molecule has 2 rings (SSSR count). The molecule has 0 spiro atoms. The number of hydrogen-bond donors (Lipinski definition) is 1. The number of benzene rings is 2. The predicted molar refractivity (Wildman–Crippen MR) is 103 cm³/mol. The van der Waals surface area contributed by atoms with E-state index in [1.54, 1.807) is 43.5 Å². The second-order valence-electron chi connectivity index (χ2n) is 5.42. The molecule has 0 unspecified atom stereocenters. The first kappa shape index (κ1) is 20.1. The summed E-state index contributed by atoms with van der Waals surface area (Å²) in [4.78, 5) is 12.4. The summed E-state index contributed by atoms with van der Waals surface area (Å²) in [7, 11) is 4.60. The smallest absolute Gasteiger partial charge is 0.262 e. The normalized spacial score (nSPS) is 10.7. The molecule has 7 heteroatoms. The highest BCUT2D eigenvalue weighted by Crippen LogP contribution is 2.26. The van der Waals surface area contributed by atoms with Crippen LogP contribution in [-0.2, 0) is 11.3 Å². The fourth-order valence-electron chi connectivity index (χ4n) is 2.39. The third kappa shape index (κ3) is 5.16. The molecule has 27 heavy (non-hydrogen) atoms. The van der Waals surface area contributed by atoms with E-state index < -0.39 is 5.91 Å². The number of carbonyl (C=O) groups excluding carboxylic acids is 1. The van der Waals surface area contributed by atoms with Gasteiger partial charge in [-0.15, -0.1) is 0 Å². The van der Waals surface area contributed by atoms with Crippen LogP contribution in [-0.4, -0.2) is 27.2 Å². The SMILES string of the molecule is COc1ccc(CNC(=O)/C(C#N)=C/c2cc(Cl)ccc2OC)c(OC)c1. The van der Waals surface area contributed by atoms with E-state index in [0.29, 0.717) is 27.8 Å². The largest absolute Gasteiger partial charge is 0.497 e. The lowest BCUT2D eigenvalue weighted by molar-refractivity contribution is -0.117. The molecule has 2 aromatic carbocycles. The molecular formula is C20H19ClN2O4. The third-order valence-corrected chi connectivity index (χ3v) is 4.03. The fourth-order valence-corrected chi connectivity index (χ4v) is 2.57. The van der Waals surface area contributed by atoms with Crippen molar-refractivity contribution in [3.05, 3.63) is 58.1 Å². The van der Waals surface area contributed by atoms with Crippen LogP contribution < -0.4 is 19.5 Å². The van der Waals surface area contributed by atoms with Crippen LogP contribution in [0, 0.1) is 11.3 Å². The van der Waals surface area contributed by atoms with Crippen LogP contribution in [0.15, 0.2) is 42.0 Å². The minimum atomic E-state index is -0.516. The lowest BCUT2D eigenvalue weighted by atomic mass is 10.1. The number of halogens is 1. The summed E-state index contributed by atoms with van der Waals surface area (Å²) in [5.74, 6) is 1.22. The molecule has 0 radical (unpaired) electrons. The van der Waals surface area contributed by atoms with Crippen LogP contribution in [0.2, 0.25) is 5.02 Å². The number of amides is 1. The molecule has 0 aromatic heterocycles. The molecule has 140 valence electrons. The molecule has 1 N–H and O–H groups in total. The first-order chi connectivity index (χ1) is 13.0. The van der Waals surface area contributed by atoms with Gasteiger partial charge in [0.15, 0.2) is 0 Å². The van der Waals surface area contributed by atoms with Gasteiger partial charge in [-0.25, -0.2) is 0 Å². The number of ether oxygens (including phenoxy) is 3. The van der Waals surface area contributed by atoms with Gasteiger partial charge in [0.05, 0.1) is 21.3 Å². The molecule has 0 aliphatic heterocycles. The van der Waals surface area contributed by atoms with E-state index in [2.05, 4.69) is 5.32 Å². The van der Waals surface area contributed by atoms with Crippen molar-refractivity contribution in [2.24, 2.45) is 0 Å². The van der Waals surface area contributed by atoms with Crippen molar-refractivity contribution >= 4 is 23.6 Å². The molecule has 2 aromatic rings. The highest BCUT2D eigenvalue weighted by Gasteiger charge is 2.13. The van der Waals surface area contributed by atoms with Crippen LogP contribution in [0.5, 0.6) is 17.2 Å². The fraction of sp³-hybridized carbons (Fsp3) is 0.200.